The number of carbonyl (C=O) groups is 2. The highest BCUT2D eigenvalue weighted by molar-refractivity contribution is 7.16. The van der Waals surface area contributed by atoms with E-state index in [-0.39, 0.29) is 17.9 Å². The average molecular weight is 330 g/mol. The molecular weight excluding hydrogens is 312 g/mol. The number of rotatable bonds is 4. The zero-order valence-corrected chi connectivity index (χ0v) is 13.4. The standard InChI is InChI=1S/C17H18N2O3S/c20-15(19-13-8-6-12(7-9-13)17(21)22)14-10-18-16(23-14)11-4-2-1-3-5-11/h1-5,10,12-13H,6-9H2,(H,19,20)(H,21,22). The third-order valence-corrected chi connectivity index (χ3v) is 5.21. The van der Waals surface area contributed by atoms with E-state index >= 15 is 0 Å². The van der Waals surface area contributed by atoms with Gasteiger partial charge in [-0.1, -0.05) is 30.3 Å². The van der Waals surface area contributed by atoms with Gasteiger partial charge in [-0.05, 0) is 25.7 Å². The Morgan fingerprint density at radius 3 is 2.48 bits per heavy atom. The molecule has 0 aliphatic heterocycles. The summed E-state index contributed by atoms with van der Waals surface area (Å²) in [7, 11) is 0. The number of carbonyl (C=O) groups excluding carboxylic acids is 1. The first kappa shape index (κ1) is 15.7. The van der Waals surface area contributed by atoms with Gasteiger partial charge in [0.05, 0.1) is 12.1 Å². The van der Waals surface area contributed by atoms with E-state index in [1.807, 2.05) is 30.3 Å². The lowest BCUT2D eigenvalue weighted by atomic mass is 9.86. The molecule has 120 valence electrons. The predicted octanol–water partition coefficient (Wildman–Crippen LogP) is 3.18. The molecule has 1 saturated carbocycles. The molecule has 6 heteroatoms. The molecule has 1 aliphatic rings. The van der Waals surface area contributed by atoms with Crippen LogP contribution in [0.3, 0.4) is 0 Å². The minimum atomic E-state index is -0.732. The molecule has 0 atom stereocenters. The summed E-state index contributed by atoms with van der Waals surface area (Å²) in [6, 6.07) is 9.81. The van der Waals surface area contributed by atoms with E-state index in [0.29, 0.717) is 30.6 Å². The first-order chi connectivity index (χ1) is 11.1. The van der Waals surface area contributed by atoms with Crippen LogP contribution in [0.4, 0.5) is 0 Å². The van der Waals surface area contributed by atoms with Crippen LogP contribution in [-0.2, 0) is 4.79 Å². The monoisotopic (exact) mass is 330 g/mol. The van der Waals surface area contributed by atoms with Crippen LogP contribution in [0.2, 0.25) is 0 Å². The van der Waals surface area contributed by atoms with Crippen molar-refractivity contribution in [2.75, 3.05) is 0 Å². The molecule has 1 aromatic heterocycles. The van der Waals surface area contributed by atoms with E-state index < -0.39 is 5.97 Å². The zero-order valence-electron chi connectivity index (χ0n) is 12.6. The van der Waals surface area contributed by atoms with Crippen LogP contribution in [-0.4, -0.2) is 28.0 Å². The van der Waals surface area contributed by atoms with E-state index in [1.165, 1.54) is 11.3 Å². The van der Waals surface area contributed by atoms with Crippen LogP contribution in [0, 0.1) is 5.92 Å². The SMILES string of the molecule is O=C(NC1CCC(C(=O)O)CC1)c1cnc(-c2ccccc2)s1. The molecule has 0 spiro atoms. The lowest BCUT2D eigenvalue weighted by molar-refractivity contribution is -0.142. The van der Waals surface area contributed by atoms with Gasteiger partial charge in [-0.3, -0.25) is 9.59 Å². The number of nitrogens with zero attached hydrogens (tertiary/aromatic N) is 1. The number of hydrogen-bond donors (Lipinski definition) is 2. The van der Waals surface area contributed by atoms with Gasteiger partial charge in [0.15, 0.2) is 0 Å². The molecule has 1 amide bonds. The number of hydrogen-bond acceptors (Lipinski definition) is 4. The van der Waals surface area contributed by atoms with Crippen molar-refractivity contribution >= 4 is 23.2 Å². The first-order valence-electron chi connectivity index (χ1n) is 7.68. The van der Waals surface area contributed by atoms with Crippen LogP contribution in [0.15, 0.2) is 36.5 Å². The number of carboxylic acids is 1. The first-order valence-corrected chi connectivity index (χ1v) is 8.50. The molecule has 1 fully saturated rings. The third kappa shape index (κ3) is 3.76. The van der Waals surface area contributed by atoms with Gasteiger partial charge < -0.3 is 10.4 Å². The lowest BCUT2D eigenvalue weighted by Gasteiger charge is -2.26. The topological polar surface area (TPSA) is 79.3 Å². The van der Waals surface area contributed by atoms with E-state index in [0.717, 1.165) is 10.6 Å². The Morgan fingerprint density at radius 2 is 1.83 bits per heavy atom. The third-order valence-electron chi connectivity index (χ3n) is 4.16. The van der Waals surface area contributed by atoms with Gasteiger partial charge in [0, 0.05) is 11.6 Å². The molecule has 1 aromatic carbocycles. The second-order valence-corrected chi connectivity index (χ2v) is 6.79. The van der Waals surface area contributed by atoms with Crippen molar-refractivity contribution in [3.8, 4) is 10.6 Å². The molecule has 2 aromatic rings. The summed E-state index contributed by atoms with van der Waals surface area (Å²) in [5.74, 6) is -1.12. The fourth-order valence-electron chi connectivity index (χ4n) is 2.83. The van der Waals surface area contributed by atoms with Gasteiger partial charge in [0.2, 0.25) is 0 Å². The van der Waals surface area contributed by atoms with Gasteiger partial charge in [0.1, 0.15) is 9.88 Å². The fourth-order valence-corrected chi connectivity index (χ4v) is 3.66. The Kier molecular flexibility index (Phi) is 4.71. The molecule has 23 heavy (non-hydrogen) atoms. The van der Waals surface area contributed by atoms with E-state index in [4.69, 9.17) is 5.11 Å². The van der Waals surface area contributed by atoms with Crippen LogP contribution in [0.5, 0.6) is 0 Å². The van der Waals surface area contributed by atoms with Crippen LogP contribution in [0.25, 0.3) is 10.6 Å². The van der Waals surface area contributed by atoms with Crippen molar-refractivity contribution in [3.05, 3.63) is 41.4 Å². The smallest absolute Gasteiger partial charge is 0.306 e. The summed E-state index contributed by atoms with van der Waals surface area (Å²) in [6.45, 7) is 0. The van der Waals surface area contributed by atoms with Gasteiger partial charge in [-0.2, -0.15) is 0 Å². The Bertz CT molecular complexity index is 691. The quantitative estimate of drug-likeness (QED) is 0.902. The van der Waals surface area contributed by atoms with Crippen molar-refractivity contribution in [1.29, 1.82) is 0 Å². The van der Waals surface area contributed by atoms with Crippen LogP contribution < -0.4 is 5.32 Å². The van der Waals surface area contributed by atoms with Crippen molar-refractivity contribution in [3.63, 3.8) is 0 Å². The zero-order chi connectivity index (χ0) is 16.2. The van der Waals surface area contributed by atoms with Gasteiger partial charge in [0.25, 0.3) is 5.91 Å². The van der Waals surface area contributed by atoms with Crippen molar-refractivity contribution in [1.82, 2.24) is 10.3 Å². The molecule has 0 bridgehead atoms. The van der Waals surface area contributed by atoms with E-state index in [2.05, 4.69) is 10.3 Å². The number of thiazole rings is 1. The summed E-state index contributed by atoms with van der Waals surface area (Å²) in [6.07, 6.45) is 4.28. The molecule has 0 radical (unpaired) electrons. The summed E-state index contributed by atoms with van der Waals surface area (Å²) in [4.78, 5) is 28.2. The minimum absolute atomic E-state index is 0.0559. The summed E-state index contributed by atoms with van der Waals surface area (Å²) in [5.41, 5.74) is 0.999. The summed E-state index contributed by atoms with van der Waals surface area (Å²) >= 11 is 1.37. The highest BCUT2D eigenvalue weighted by Gasteiger charge is 2.27. The number of aliphatic carboxylic acids is 1. The maximum atomic E-state index is 12.3. The molecule has 0 unspecified atom stereocenters. The number of nitrogens with one attached hydrogen (secondary N) is 1. The Balaban J connectivity index is 1.59. The number of amides is 1. The summed E-state index contributed by atoms with van der Waals surface area (Å²) in [5, 5.41) is 12.8. The predicted molar refractivity (Wildman–Crippen MR) is 88.4 cm³/mol. The van der Waals surface area contributed by atoms with Gasteiger partial charge in [-0.15, -0.1) is 11.3 Å². The molecule has 2 N–H and O–H groups in total. The molecule has 5 nitrogen and oxygen atoms in total. The van der Waals surface area contributed by atoms with E-state index in [9.17, 15) is 9.59 Å². The van der Waals surface area contributed by atoms with Crippen molar-refractivity contribution < 1.29 is 14.7 Å². The average Bonchev–Trinajstić information content (AvgIpc) is 3.06. The highest BCUT2D eigenvalue weighted by Crippen LogP contribution is 2.27. The Labute approximate surface area is 138 Å². The number of benzene rings is 1. The second kappa shape index (κ2) is 6.91. The largest absolute Gasteiger partial charge is 0.481 e. The van der Waals surface area contributed by atoms with Crippen molar-refractivity contribution in [2.24, 2.45) is 5.92 Å². The maximum Gasteiger partial charge on any atom is 0.306 e. The Hall–Kier alpha value is -2.21. The normalized spacial score (nSPS) is 20.9. The van der Waals surface area contributed by atoms with Crippen LogP contribution in [0.1, 0.15) is 35.4 Å². The number of carboxylic acid groups (broad SMARTS) is 1. The van der Waals surface area contributed by atoms with Crippen LogP contribution >= 0.6 is 11.3 Å². The van der Waals surface area contributed by atoms with E-state index in [1.54, 1.807) is 6.20 Å². The second-order valence-electron chi connectivity index (χ2n) is 5.76. The molecule has 3 rings (SSSR count). The lowest BCUT2D eigenvalue weighted by Crippen LogP contribution is -2.38. The molecule has 0 saturated heterocycles. The Morgan fingerprint density at radius 1 is 1.13 bits per heavy atom. The minimum Gasteiger partial charge on any atom is -0.481 e. The molecule has 1 heterocycles. The fraction of sp³-hybridized carbons (Fsp3) is 0.353. The molecular formula is C17H18N2O3S. The maximum absolute atomic E-state index is 12.3. The highest BCUT2D eigenvalue weighted by atomic mass is 32.1. The summed E-state index contributed by atoms with van der Waals surface area (Å²) < 4.78 is 0. The van der Waals surface area contributed by atoms with Crippen molar-refractivity contribution in [2.45, 2.75) is 31.7 Å². The van der Waals surface area contributed by atoms with Gasteiger partial charge >= 0.3 is 5.97 Å². The number of aromatic nitrogens is 1. The molecule has 1 aliphatic carbocycles. The van der Waals surface area contributed by atoms with Gasteiger partial charge in [-0.25, -0.2) is 4.98 Å².